The van der Waals surface area contributed by atoms with Crippen molar-refractivity contribution in [2.75, 3.05) is 19.6 Å². The third kappa shape index (κ3) is 8.51. The lowest BCUT2D eigenvalue weighted by atomic mass is 10.1. The van der Waals surface area contributed by atoms with Crippen LogP contribution in [-0.2, 0) is 33.9 Å². The number of carbonyl (C=O) groups excluding carboxylic acids is 5. The normalized spacial score (nSPS) is 28.8. The first-order valence-electron chi connectivity index (χ1n) is 18.6. The molecule has 3 heterocycles. The fourth-order valence-corrected chi connectivity index (χ4v) is 8.62. The van der Waals surface area contributed by atoms with Gasteiger partial charge in [-0.25, -0.2) is 18.0 Å². The van der Waals surface area contributed by atoms with E-state index < -0.39 is 80.3 Å². The Kier molecular flexibility index (Phi) is 10.1. The van der Waals surface area contributed by atoms with Crippen LogP contribution in [0.25, 0.3) is 11.0 Å². The highest BCUT2D eigenvalue weighted by Gasteiger charge is 2.62. The van der Waals surface area contributed by atoms with Gasteiger partial charge in [0.05, 0.1) is 28.4 Å². The van der Waals surface area contributed by atoms with E-state index in [9.17, 15) is 32.4 Å². The smallest absolute Gasteiger partial charge is 0.408 e. The Labute approximate surface area is 313 Å². The van der Waals surface area contributed by atoms with Crippen LogP contribution in [0.3, 0.4) is 0 Å². The molecule has 5 atom stereocenters. The van der Waals surface area contributed by atoms with Crippen LogP contribution in [-0.4, -0.2) is 118 Å². The topological polar surface area (TPSA) is 206 Å². The monoisotopic (exact) mass is 765 g/mol. The van der Waals surface area contributed by atoms with Gasteiger partial charge in [-0.05, 0) is 90.5 Å². The SMILES string of the molecule is CC(C)(C)OC(=O)N[C@H]1CN(C2CC2)CCC/C=C\[C@@H]2C[C@@]2(C(=O)NS(=O)(=O)C2CC2)NC(=O)[C@@H]2C[C@@H](OC(=O)c3ccc4nccnc4c3)CN2C1=O. The van der Waals surface area contributed by atoms with Gasteiger partial charge in [-0.15, -0.1) is 0 Å². The van der Waals surface area contributed by atoms with E-state index in [1.807, 2.05) is 12.2 Å². The quantitative estimate of drug-likeness (QED) is 0.273. The summed E-state index contributed by atoms with van der Waals surface area (Å²) in [6.07, 6.45) is 9.30. The first-order chi connectivity index (χ1) is 25.6. The van der Waals surface area contributed by atoms with Gasteiger partial charge in [-0.2, -0.15) is 0 Å². The molecule has 3 aliphatic carbocycles. The van der Waals surface area contributed by atoms with Gasteiger partial charge < -0.3 is 25.0 Å². The minimum absolute atomic E-state index is 0.110. The summed E-state index contributed by atoms with van der Waals surface area (Å²) in [4.78, 5) is 81.2. The Balaban J connectivity index is 1.19. The summed E-state index contributed by atoms with van der Waals surface area (Å²) in [6, 6.07) is 2.61. The molecule has 4 fully saturated rings. The number of aromatic nitrogens is 2. The highest BCUT2D eigenvalue weighted by molar-refractivity contribution is 7.91. The van der Waals surface area contributed by atoms with Gasteiger partial charge in [0, 0.05) is 37.3 Å². The first-order valence-corrected chi connectivity index (χ1v) is 20.2. The van der Waals surface area contributed by atoms with Crippen molar-refractivity contribution in [1.82, 2.24) is 35.1 Å². The zero-order valence-corrected chi connectivity index (χ0v) is 31.5. The molecular weight excluding hydrogens is 719 g/mol. The number of amides is 4. The standard InChI is InChI=1S/C37H47N7O9S/c1-36(2,3)53-35(49)40-29-21-43(24-9-10-24)16-6-4-5-7-23-19-37(23,34(48)42-54(50,51)26-11-12-26)41-31(45)30-18-25(20-44(30)32(29)46)52-33(47)22-8-13-27-28(17-22)39-15-14-38-27/h5,7-8,13-15,17,23-26,29-30H,4,6,9-12,16,18-21H2,1-3H3,(H,40,49)(H,41,45)(H,42,48)/b7-5-/t23-,25-,29+,30+,37-/m1/s1. The number of hydrogen-bond acceptors (Lipinski definition) is 12. The van der Waals surface area contributed by atoms with E-state index in [-0.39, 0.29) is 37.5 Å². The van der Waals surface area contributed by atoms with E-state index >= 15 is 0 Å². The molecule has 1 aromatic heterocycles. The molecule has 17 heteroatoms. The zero-order chi connectivity index (χ0) is 38.4. The van der Waals surface area contributed by atoms with Gasteiger partial charge >= 0.3 is 12.1 Å². The lowest BCUT2D eigenvalue weighted by Gasteiger charge is -2.33. The van der Waals surface area contributed by atoms with E-state index in [2.05, 4.69) is 30.2 Å². The third-order valence-corrected chi connectivity index (χ3v) is 12.3. The molecular formula is C37H47N7O9S. The number of carbonyl (C=O) groups is 5. The van der Waals surface area contributed by atoms with Crippen LogP contribution in [0.1, 0.15) is 82.5 Å². The predicted octanol–water partition coefficient (Wildman–Crippen LogP) is 1.95. The largest absolute Gasteiger partial charge is 0.457 e. The molecule has 7 rings (SSSR count). The van der Waals surface area contributed by atoms with E-state index in [0.29, 0.717) is 36.8 Å². The third-order valence-electron chi connectivity index (χ3n) is 10.4. The molecule has 4 amide bonds. The second-order valence-electron chi connectivity index (χ2n) is 16.0. The number of sulfonamides is 1. The number of rotatable bonds is 7. The van der Waals surface area contributed by atoms with Crippen molar-refractivity contribution in [1.29, 1.82) is 0 Å². The van der Waals surface area contributed by atoms with Crippen LogP contribution in [0, 0.1) is 5.92 Å². The molecule has 1 aromatic carbocycles. The Hall–Kier alpha value is -4.64. The molecule has 3 saturated carbocycles. The molecule has 2 aromatic rings. The number of nitrogens with one attached hydrogen (secondary N) is 3. The van der Waals surface area contributed by atoms with Crippen molar-refractivity contribution in [3.8, 4) is 0 Å². The summed E-state index contributed by atoms with van der Waals surface area (Å²) in [5, 5.41) is 4.92. The Morgan fingerprint density at radius 1 is 1.02 bits per heavy atom. The Morgan fingerprint density at radius 2 is 1.76 bits per heavy atom. The molecule has 0 radical (unpaired) electrons. The van der Waals surface area contributed by atoms with E-state index in [4.69, 9.17) is 9.47 Å². The van der Waals surface area contributed by atoms with Crippen molar-refractivity contribution in [2.24, 2.45) is 5.92 Å². The minimum atomic E-state index is -3.92. The lowest BCUT2D eigenvalue weighted by molar-refractivity contribution is -0.141. The second-order valence-corrected chi connectivity index (χ2v) is 17.9. The van der Waals surface area contributed by atoms with Crippen molar-refractivity contribution in [3.05, 3.63) is 48.3 Å². The molecule has 290 valence electrons. The summed E-state index contributed by atoms with van der Waals surface area (Å²) >= 11 is 0. The number of allylic oxidation sites excluding steroid dienone is 1. The van der Waals surface area contributed by atoms with Gasteiger partial charge in [0.25, 0.3) is 5.91 Å². The fraction of sp³-hybridized carbons (Fsp3) is 0.595. The molecule has 54 heavy (non-hydrogen) atoms. The number of benzene rings is 1. The van der Waals surface area contributed by atoms with Crippen LogP contribution in [0.2, 0.25) is 0 Å². The van der Waals surface area contributed by atoms with Crippen LogP contribution in [0.5, 0.6) is 0 Å². The van der Waals surface area contributed by atoms with Gasteiger partial charge in [-0.1, -0.05) is 12.2 Å². The fourth-order valence-electron chi connectivity index (χ4n) is 7.26. The molecule has 16 nitrogen and oxygen atoms in total. The lowest BCUT2D eigenvalue weighted by Crippen LogP contribution is -2.60. The van der Waals surface area contributed by atoms with Crippen molar-refractivity contribution in [2.45, 2.75) is 113 Å². The van der Waals surface area contributed by atoms with E-state index in [1.54, 1.807) is 39.0 Å². The van der Waals surface area contributed by atoms with Crippen LogP contribution >= 0.6 is 0 Å². The van der Waals surface area contributed by atoms with E-state index in [0.717, 1.165) is 19.3 Å². The van der Waals surface area contributed by atoms with Gasteiger partial charge in [0.15, 0.2) is 0 Å². The maximum atomic E-state index is 14.6. The van der Waals surface area contributed by atoms with Gasteiger partial charge in [0.2, 0.25) is 21.8 Å². The van der Waals surface area contributed by atoms with E-state index in [1.165, 1.54) is 17.3 Å². The van der Waals surface area contributed by atoms with Crippen LogP contribution in [0.4, 0.5) is 4.79 Å². The zero-order valence-electron chi connectivity index (χ0n) is 30.7. The second kappa shape index (κ2) is 14.5. The predicted molar refractivity (Wildman–Crippen MR) is 194 cm³/mol. The van der Waals surface area contributed by atoms with Crippen molar-refractivity contribution < 1.29 is 41.9 Å². The highest BCUT2D eigenvalue weighted by atomic mass is 32.2. The molecule has 3 N–H and O–H groups in total. The molecule has 0 unspecified atom stereocenters. The molecule has 0 spiro atoms. The summed E-state index contributed by atoms with van der Waals surface area (Å²) in [5.41, 5.74) is -1.13. The summed E-state index contributed by atoms with van der Waals surface area (Å²) in [7, 11) is -3.92. The Bertz CT molecular complexity index is 1980. The number of ether oxygens (including phenoxy) is 2. The number of esters is 1. The molecule has 0 bridgehead atoms. The number of hydrogen-bond donors (Lipinski definition) is 3. The van der Waals surface area contributed by atoms with Crippen LogP contribution < -0.4 is 15.4 Å². The highest BCUT2D eigenvalue weighted by Crippen LogP contribution is 2.46. The molecule has 5 aliphatic rings. The van der Waals surface area contributed by atoms with Gasteiger partial charge in [0.1, 0.15) is 29.3 Å². The average molecular weight is 766 g/mol. The Morgan fingerprint density at radius 3 is 2.46 bits per heavy atom. The first kappa shape index (κ1) is 37.7. The maximum Gasteiger partial charge on any atom is 0.408 e. The summed E-state index contributed by atoms with van der Waals surface area (Å²) in [6.45, 7) is 5.75. The van der Waals surface area contributed by atoms with Crippen molar-refractivity contribution in [3.63, 3.8) is 0 Å². The summed E-state index contributed by atoms with van der Waals surface area (Å²) < 4.78 is 39.3. The molecule has 1 saturated heterocycles. The maximum absolute atomic E-state index is 14.6. The van der Waals surface area contributed by atoms with Crippen molar-refractivity contribution >= 4 is 50.8 Å². The minimum Gasteiger partial charge on any atom is -0.457 e. The average Bonchev–Trinajstić information content (AvgIpc) is 3.99. The number of fused-ring (bicyclic) bond motifs is 3. The van der Waals surface area contributed by atoms with Crippen LogP contribution in [0.15, 0.2) is 42.7 Å². The number of nitrogens with zero attached hydrogens (tertiary/aromatic N) is 4. The van der Waals surface area contributed by atoms with Gasteiger partial charge in [-0.3, -0.25) is 34.0 Å². The molecule has 2 aliphatic heterocycles. The number of alkyl carbamates (subject to hydrolysis) is 1. The summed E-state index contributed by atoms with van der Waals surface area (Å²) in [5.74, 6) is -3.29.